The van der Waals surface area contributed by atoms with Crippen LogP contribution in [0.5, 0.6) is 5.75 Å². The van der Waals surface area contributed by atoms with E-state index in [1.807, 2.05) is 0 Å². The van der Waals surface area contributed by atoms with Gasteiger partial charge < -0.3 is 14.8 Å². The average Bonchev–Trinajstić information content (AvgIpc) is 3.37. The molecule has 1 aromatic carbocycles. The highest BCUT2D eigenvalue weighted by molar-refractivity contribution is 6.31. The molecule has 1 N–H and O–H groups in total. The molecule has 0 unspecified atom stereocenters. The molecule has 3 fully saturated rings. The van der Waals surface area contributed by atoms with Crippen molar-refractivity contribution in [1.29, 1.82) is 0 Å². The zero-order valence-corrected chi connectivity index (χ0v) is 16.6. The van der Waals surface area contributed by atoms with Crippen molar-refractivity contribution in [3.63, 3.8) is 0 Å². The number of likely N-dealkylation sites (tertiary alicyclic amines) is 1. The molecule has 9 heteroatoms. The average molecular weight is 421 g/mol. The van der Waals surface area contributed by atoms with Gasteiger partial charge in [0, 0.05) is 5.02 Å². The van der Waals surface area contributed by atoms with Gasteiger partial charge in [0.15, 0.2) is 6.61 Å². The predicted molar refractivity (Wildman–Crippen MR) is 102 cm³/mol. The maximum Gasteiger partial charge on any atom is 0.326 e. The second-order valence-corrected chi connectivity index (χ2v) is 8.14. The van der Waals surface area contributed by atoms with E-state index in [0.29, 0.717) is 16.5 Å². The molecule has 4 rings (SSSR count). The molecule has 0 spiro atoms. The highest BCUT2D eigenvalue weighted by Crippen LogP contribution is 2.56. The van der Waals surface area contributed by atoms with Crippen LogP contribution in [0.1, 0.15) is 19.3 Å². The number of hydrogen-bond acceptors (Lipinski definition) is 6. The number of nitrogens with one attached hydrogen (secondary N) is 1. The van der Waals surface area contributed by atoms with Gasteiger partial charge in [0.05, 0.1) is 24.6 Å². The van der Waals surface area contributed by atoms with Crippen molar-refractivity contribution in [2.45, 2.75) is 19.3 Å². The second kappa shape index (κ2) is 7.67. The number of carbonyl (C=O) groups excluding carboxylic acids is 4. The standard InChI is InChI=1S/C20H21ClN2O6/c1-28-14-5-4-12(21)7-13(14)22-15(24)9-29-16(25)8-23-19(26)17-10-2-3-11(6-10)18(17)20(23)27/h4-5,7,10-11,17-18H,2-3,6,8-9H2,1H3,(H,22,24)/t10-,11-,17-,18+/m0/s1. The summed E-state index contributed by atoms with van der Waals surface area (Å²) in [5.74, 6) is -1.61. The molecular formula is C20H21ClN2O6. The van der Waals surface area contributed by atoms with E-state index in [1.54, 1.807) is 12.1 Å². The molecule has 2 bridgehead atoms. The molecule has 3 amide bonds. The summed E-state index contributed by atoms with van der Waals surface area (Å²) in [7, 11) is 1.45. The molecule has 1 aliphatic heterocycles. The lowest BCUT2D eigenvalue weighted by molar-refractivity contribution is -0.154. The van der Waals surface area contributed by atoms with Crippen LogP contribution in [0.15, 0.2) is 18.2 Å². The number of benzene rings is 1. The number of nitrogens with zero attached hydrogens (tertiary/aromatic N) is 1. The third-order valence-corrected chi connectivity index (χ3v) is 6.34. The van der Waals surface area contributed by atoms with E-state index in [0.717, 1.165) is 24.2 Å². The van der Waals surface area contributed by atoms with E-state index in [4.69, 9.17) is 21.1 Å². The van der Waals surface area contributed by atoms with E-state index in [2.05, 4.69) is 5.32 Å². The Labute approximate surface area is 172 Å². The molecule has 154 valence electrons. The van der Waals surface area contributed by atoms with Gasteiger partial charge in [-0.3, -0.25) is 24.1 Å². The SMILES string of the molecule is COc1ccc(Cl)cc1NC(=O)COC(=O)CN1C(=O)[C@@H]2[C@H]3CC[C@@H](C3)[C@@H]2C1=O. The highest BCUT2D eigenvalue weighted by atomic mass is 35.5. The van der Waals surface area contributed by atoms with Crippen LogP contribution in [0.25, 0.3) is 0 Å². The van der Waals surface area contributed by atoms with Crippen molar-refractivity contribution in [3.05, 3.63) is 23.2 Å². The molecular weight excluding hydrogens is 400 g/mol. The number of halogens is 1. The first-order valence-electron chi connectivity index (χ1n) is 9.53. The lowest BCUT2D eigenvalue weighted by atomic mass is 9.81. The monoisotopic (exact) mass is 420 g/mol. The third kappa shape index (κ3) is 3.57. The van der Waals surface area contributed by atoms with Gasteiger partial charge in [-0.15, -0.1) is 0 Å². The summed E-state index contributed by atoms with van der Waals surface area (Å²) in [5.41, 5.74) is 0.342. The molecule has 1 saturated heterocycles. The van der Waals surface area contributed by atoms with Crippen LogP contribution in [-0.2, 0) is 23.9 Å². The minimum absolute atomic E-state index is 0.251. The number of hydrogen-bond donors (Lipinski definition) is 1. The van der Waals surface area contributed by atoms with Gasteiger partial charge in [0.25, 0.3) is 5.91 Å². The highest BCUT2D eigenvalue weighted by Gasteiger charge is 2.61. The summed E-state index contributed by atoms with van der Waals surface area (Å²) in [5, 5.41) is 2.95. The van der Waals surface area contributed by atoms with Crippen LogP contribution >= 0.6 is 11.6 Å². The molecule has 3 aliphatic rings. The van der Waals surface area contributed by atoms with Crippen molar-refractivity contribution in [2.24, 2.45) is 23.7 Å². The van der Waals surface area contributed by atoms with Gasteiger partial charge in [-0.1, -0.05) is 11.6 Å². The van der Waals surface area contributed by atoms with Crippen LogP contribution in [0.3, 0.4) is 0 Å². The van der Waals surface area contributed by atoms with Gasteiger partial charge in [-0.05, 0) is 49.3 Å². The molecule has 1 aromatic rings. The van der Waals surface area contributed by atoms with Crippen molar-refractivity contribution < 1.29 is 28.7 Å². The number of methoxy groups -OCH3 is 1. The Morgan fingerprint density at radius 2 is 1.83 bits per heavy atom. The van der Waals surface area contributed by atoms with Crippen LogP contribution in [0.2, 0.25) is 5.02 Å². The number of amides is 3. The predicted octanol–water partition coefficient (Wildman–Crippen LogP) is 1.86. The Balaban J connectivity index is 1.30. The van der Waals surface area contributed by atoms with E-state index < -0.39 is 25.0 Å². The maximum absolute atomic E-state index is 12.6. The van der Waals surface area contributed by atoms with Crippen molar-refractivity contribution in [3.8, 4) is 5.75 Å². The molecule has 4 atom stereocenters. The van der Waals surface area contributed by atoms with E-state index in [-0.39, 0.29) is 35.5 Å². The molecule has 1 heterocycles. The van der Waals surface area contributed by atoms with Gasteiger partial charge in [-0.25, -0.2) is 0 Å². The number of carbonyl (C=O) groups is 4. The summed E-state index contributed by atoms with van der Waals surface area (Å²) in [6.07, 6.45) is 2.87. The summed E-state index contributed by atoms with van der Waals surface area (Å²) in [6.45, 7) is -1.01. The normalized spacial score (nSPS) is 27.2. The molecule has 8 nitrogen and oxygen atoms in total. The van der Waals surface area contributed by atoms with E-state index in [1.165, 1.54) is 13.2 Å². The van der Waals surface area contributed by atoms with Crippen LogP contribution in [0, 0.1) is 23.7 Å². The molecule has 2 aliphatic carbocycles. The Kier molecular flexibility index (Phi) is 5.21. The summed E-state index contributed by atoms with van der Waals surface area (Å²) < 4.78 is 10.1. The fraction of sp³-hybridized carbons (Fsp3) is 0.500. The van der Waals surface area contributed by atoms with Crippen LogP contribution < -0.4 is 10.1 Å². The molecule has 0 radical (unpaired) electrons. The first kappa shape index (κ1) is 19.7. The smallest absolute Gasteiger partial charge is 0.326 e. The fourth-order valence-electron chi connectivity index (χ4n) is 4.91. The Bertz CT molecular complexity index is 860. The lowest BCUT2D eigenvalue weighted by Crippen LogP contribution is -2.38. The summed E-state index contributed by atoms with van der Waals surface area (Å²) in [6, 6.07) is 4.72. The number of ether oxygens (including phenoxy) is 2. The number of anilines is 1. The Morgan fingerprint density at radius 1 is 1.17 bits per heavy atom. The topological polar surface area (TPSA) is 102 Å². The second-order valence-electron chi connectivity index (χ2n) is 7.70. The van der Waals surface area contributed by atoms with Crippen molar-refractivity contribution in [2.75, 3.05) is 25.6 Å². The van der Waals surface area contributed by atoms with Crippen molar-refractivity contribution in [1.82, 2.24) is 4.90 Å². The number of esters is 1. The summed E-state index contributed by atoms with van der Waals surface area (Å²) in [4.78, 5) is 50.4. The largest absolute Gasteiger partial charge is 0.495 e. The van der Waals surface area contributed by atoms with E-state index in [9.17, 15) is 19.2 Å². The first-order chi connectivity index (χ1) is 13.9. The Morgan fingerprint density at radius 3 is 2.45 bits per heavy atom. The van der Waals surface area contributed by atoms with Crippen molar-refractivity contribution >= 4 is 41.0 Å². The minimum atomic E-state index is -0.799. The molecule has 2 saturated carbocycles. The zero-order chi connectivity index (χ0) is 20.7. The Hall–Kier alpha value is -2.61. The number of fused-ring (bicyclic) bond motifs is 5. The van der Waals surface area contributed by atoms with Gasteiger partial charge in [0.2, 0.25) is 11.8 Å². The van der Waals surface area contributed by atoms with Gasteiger partial charge in [0.1, 0.15) is 12.3 Å². The number of rotatable bonds is 6. The van der Waals surface area contributed by atoms with E-state index >= 15 is 0 Å². The van der Waals surface area contributed by atoms with Crippen LogP contribution in [0.4, 0.5) is 5.69 Å². The molecule has 29 heavy (non-hydrogen) atoms. The van der Waals surface area contributed by atoms with Gasteiger partial charge >= 0.3 is 5.97 Å². The maximum atomic E-state index is 12.6. The number of imide groups is 1. The van der Waals surface area contributed by atoms with Gasteiger partial charge in [-0.2, -0.15) is 0 Å². The molecule has 0 aromatic heterocycles. The first-order valence-corrected chi connectivity index (χ1v) is 9.91. The zero-order valence-electron chi connectivity index (χ0n) is 15.9. The minimum Gasteiger partial charge on any atom is -0.495 e. The fourth-order valence-corrected chi connectivity index (χ4v) is 5.08. The summed E-state index contributed by atoms with van der Waals surface area (Å²) >= 11 is 5.91. The third-order valence-electron chi connectivity index (χ3n) is 6.11. The van der Waals surface area contributed by atoms with Crippen LogP contribution in [-0.4, -0.2) is 48.9 Å². The quantitative estimate of drug-likeness (QED) is 0.556. The lowest BCUT2D eigenvalue weighted by Gasteiger charge is -2.19.